The number of benzene rings is 1. The molecular weight excluding hydrogens is 468 g/mol. The van der Waals surface area contributed by atoms with Crippen molar-refractivity contribution in [3.63, 3.8) is 0 Å². The molecule has 1 aromatic carbocycles. The summed E-state index contributed by atoms with van der Waals surface area (Å²) in [6.45, 7) is 0. The Morgan fingerprint density at radius 2 is 1.62 bits per heavy atom. The van der Waals surface area contributed by atoms with Gasteiger partial charge in [-0.2, -0.15) is 16.8 Å². The monoisotopic (exact) mass is 488 g/mol. The van der Waals surface area contributed by atoms with Gasteiger partial charge in [0.2, 0.25) is 0 Å². The van der Waals surface area contributed by atoms with E-state index < -0.39 is 48.4 Å². The minimum atomic E-state index is -4.71. The maximum atomic E-state index is 11.8. The van der Waals surface area contributed by atoms with Crippen LogP contribution in [-0.4, -0.2) is 43.3 Å². The number of hydrogen-bond donors (Lipinski definition) is 8. The van der Waals surface area contributed by atoms with Gasteiger partial charge >= 0.3 is 12.1 Å². The first-order chi connectivity index (χ1) is 14.8. The molecule has 0 saturated heterocycles. The van der Waals surface area contributed by atoms with Crippen LogP contribution in [0.2, 0.25) is 0 Å². The number of amides is 4. The van der Waals surface area contributed by atoms with Crippen LogP contribution in [0.25, 0.3) is 6.08 Å². The first-order valence-corrected chi connectivity index (χ1v) is 11.5. The highest BCUT2D eigenvalue weighted by molar-refractivity contribution is 7.86. The molecule has 0 aliphatic heterocycles. The van der Waals surface area contributed by atoms with E-state index in [1.54, 1.807) is 0 Å². The molecule has 0 spiro atoms. The van der Waals surface area contributed by atoms with Crippen molar-refractivity contribution in [3.05, 3.63) is 53.8 Å². The van der Waals surface area contributed by atoms with Gasteiger partial charge in [0.25, 0.3) is 20.2 Å². The highest BCUT2D eigenvalue weighted by Crippen LogP contribution is 2.26. The average Bonchev–Trinajstić information content (AvgIpc) is 2.68. The Morgan fingerprint density at radius 3 is 2.19 bits per heavy atom. The van der Waals surface area contributed by atoms with Gasteiger partial charge in [0.05, 0.1) is 11.4 Å². The van der Waals surface area contributed by atoms with Crippen molar-refractivity contribution in [2.45, 2.75) is 10.1 Å². The molecule has 0 heterocycles. The summed E-state index contributed by atoms with van der Waals surface area (Å²) in [5.41, 5.74) is 18.8. The van der Waals surface area contributed by atoms with E-state index in [2.05, 4.69) is 10.9 Å². The number of nitrogens with two attached hydrogens (primary N) is 2. The lowest BCUT2D eigenvalue weighted by Gasteiger charge is -2.22. The van der Waals surface area contributed by atoms with Crippen molar-refractivity contribution in [2.75, 3.05) is 5.43 Å². The topological polar surface area (TPSA) is 243 Å². The molecule has 4 amide bonds. The smallest absolute Gasteiger partial charge is 0.330 e. The number of allylic oxidation sites excluding steroid dienone is 3. The number of carbonyl (C=O) groups is 2. The van der Waals surface area contributed by atoms with E-state index in [-0.39, 0.29) is 16.9 Å². The van der Waals surface area contributed by atoms with Crippen molar-refractivity contribution in [1.29, 1.82) is 0 Å². The summed E-state index contributed by atoms with van der Waals surface area (Å²) in [5, 5.41) is -1.48. The molecule has 2 unspecified atom stereocenters. The lowest BCUT2D eigenvalue weighted by Crippen LogP contribution is -2.41. The van der Waals surface area contributed by atoms with E-state index in [0.717, 1.165) is 12.1 Å². The number of primary amides is 2. The number of rotatable bonds is 8. The Balaban J connectivity index is 2.35. The second-order valence-electron chi connectivity index (χ2n) is 6.35. The SMILES string of the molecule is NC(=O)NNC1=CC(S(=O)(=O)O)C(C=Cc2ccc(NNC(N)=O)cc2S(=O)(=O)O)C=C1. The zero-order valence-corrected chi connectivity index (χ0v) is 17.7. The predicted octanol–water partition coefficient (Wildman–Crippen LogP) is -0.559. The number of nitrogens with one attached hydrogen (secondary N) is 4. The van der Waals surface area contributed by atoms with Crippen molar-refractivity contribution < 1.29 is 35.5 Å². The van der Waals surface area contributed by atoms with Gasteiger partial charge in [0.1, 0.15) is 10.1 Å². The summed E-state index contributed by atoms with van der Waals surface area (Å²) in [7, 11) is -9.31. The molecule has 2 rings (SSSR count). The molecule has 1 aliphatic carbocycles. The number of hydrazine groups is 2. The highest BCUT2D eigenvalue weighted by atomic mass is 32.2. The molecule has 174 valence electrons. The van der Waals surface area contributed by atoms with Crippen LogP contribution in [0.3, 0.4) is 0 Å². The maximum absolute atomic E-state index is 11.8. The van der Waals surface area contributed by atoms with Crippen molar-refractivity contribution >= 4 is 44.1 Å². The Bertz CT molecular complexity index is 1210. The second kappa shape index (κ2) is 9.69. The largest absolute Gasteiger partial charge is 0.350 e. The molecular formula is C16H20N6O8S2. The minimum absolute atomic E-state index is 0.0112. The lowest BCUT2D eigenvalue weighted by molar-refractivity contribution is 0.246. The molecule has 32 heavy (non-hydrogen) atoms. The average molecular weight is 489 g/mol. The number of carbonyl (C=O) groups excluding carboxylic acids is 2. The fourth-order valence-electron chi connectivity index (χ4n) is 2.67. The normalized spacial score (nSPS) is 18.6. The number of urea groups is 2. The molecule has 0 saturated carbocycles. The van der Waals surface area contributed by atoms with Crippen LogP contribution in [0.1, 0.15) is 5.56 Å². The lowest BCUT2D eigenvalue weighted by atomic mass is 9.97. The number of hydrogen-bond acceptors (Lipinski definition) is 8. The van der Waals surface area contributed by atoms with E-state index in [1.807, 2.05) is 10.9 Å². The first kappa shape index (κ1) is 24.7. The first-order valence-electron chi connectivity index (χ1n) is 8.56. The third-order valence-corrected chi connectivity index (χ3v) is 6.06. The fraction of sp³-hybridized carbons (Fsp3) is 0.125. The van der Waals surface area contributed by atoms with Crippen LogP contribution in [0.5, 0.6) is 0 Å². The Morgan fingerprint density at radius 1 is 1.00 bits per heavy atom. The van der Waals surface area contributed by atoms with E-state index in [4.69, 9.17) is 11.5 Å². The molecule has 0 bridgehead atoms. The van der Waals surface area contributed by atoms with Gasteiger partial charge in [-0.25, -0.2) is 9.59 Å². The summed E-state index contributed by atoms with van der Waals surface area (Å²) < 4.78 is 66.2. The predicted molar refractivity (Wildman–Crippen MR) is 114 cm³/mol. The van der Waals surface area contributed by atoms with Gasteiger partial charge in [-0.1, -0.05) is 24.3 Å². The van der Waals surface area contributed by atoms with Gasteiger partial charge in [-0.05, 0) is 29.8 Å². The quantitative estimate of drug-likeness (QED) is 0.171. The molecule has 1 aromatic rings. The molecule has 2 atom stereocenters. The maximum Gasteiger partial charge on any atom is 0.330 e. The molecule has 0 fully saturated rings. The Labute approximate surface area is 182 Å². The minimum Gasteiger partial charge on any atom is -0.350 e. The summed E-state index contributed by atoms with van der Waals surface area (Å²) >= 11 is 0. The summed E-state index contributed by atoms with van der Waals surface area (Å²) in [6, 6.07) is 1.79. The third kappa shape index (κ3) is 6.98. The zero-order chi connectivity index (χ0) is 24.1. The Hall–Kier alpha value is -3.60. The van der Waals surface area contributed by atoms with Gasteiger partial charge < -0.3 is 11.5 Å². The van der Waals surface area contributed by atoms with Gasteiger partial charge in [-0.15, -0.1) is 0 Å². The van der Waals surface area contributed by atoms with Crippen molar-refractivity contribution in [1.82, 2.24) is 16.3 Å². The van der Waals surface area contributed by atoms with Crippen molar-refractivity contribution in [2.24, 2.45) is 17.4 Å². The fourth-order valence-corrected chi connectivity index (χ4v) is 4.27. The zero-order valence-electron chi connectivity index (χ0n) is 16.1. The molecule has 1 aliphatic rings. The van der Waals surface area contributed by atoms with Crippen LogP contribution in [0.4, 0.5) is 15.3 Å². The summed E-state index contributed by atoms with van der Waals surface area (Å²) in [4.78, 5) is 21.0. The standard InChI is InChI=1S/C16H20N6O8S2/c17-15(23)21-19-11-5-3-9(13(7-11)31(25,26)27)1-2-10-4-6-12(20-22-16(18)24)8-14(10)32(28,29)30/h1-9,13,19-20H,(H3,17,21,23)(H3,18,22,24)(H,25,26,27)(H,28,29,30). The van der Waals surface area contributed by atoms with Crippen LogP contribution >= 0.6 is 0 Å². The van der Waals surface area contributed by atoms with Crippen LogP contribution in [0.15, 0.2) is 53.1 Å². The molecule has 14 nitrogen and oxygen atoms in total. The molecule has 10 N–H and O–H groups in total. The van der Waals surface area contributed by atoms with Crippen LogP contribution < -0.4 is 33.2 Å². The van der Waals surface area contributed by atoms with Gasteiger partial charge in [-0.3, -0.25) is 30.8 Å². The summed E-state index contributed by atoms with van der Waals surface area (Å²) in [6.07, 6.45) is 6.42. The van der Waals surface area contributed by atoms with Gasteiger partial charge in [0, 0.05) is 5.92 Å². The van der Waals surface area contributed by atoms with Crippen LogP contribution in [0, 0.1) is 5.92 Å². The number of anilines is 1. The molecule has 0 radical (unpaired) electrons. The Kier molecular flexibility index (Phi) is 7.47. The van der Waals surface area contributed by atoms with Gasteiger partial charge in [0.15, 0.2) is 0 Å². The van der Waals surface area contributed by atoms with Crippen molar-refractivity contribution in [3.8, 4) is 0 Å². The van der Waals surface area contributed by atoms with E-state index in [1.165, 1.54) is 36.4 Å². The highest BCUT2D eigenvalue weighted by Gasteiger charge is 2.30. The molecule has 16 heteroatoms. The third-order valence-electron chi connectivity index (χ3n) is 4.01. The summed E-state index contributed by atoms with van der Waals surface area (Å²) in [5.74, 6) is -0.937. The van der Waals surface area contributed by atoms with E-state index >= 15 is 0 Å². The van der Waals surface area contributed by atoms with E-state index in [0.29, 0.717) is 0 Å². The van der Waals surface area contributed by atoms with E-state index in [9.17, 15) is 35.5 Å². The second-order valence-corrected chi connectivity index (χ2v) is 9.32. The van der Waals surface area contributed by atoms with Crippen LogP contribution in [-0.2, 0) is 20.2 Å². The molecule has 0 aromatic heterocycles.